The number of hydrogen-bond donors (Lipinski definition) is 1. The predicted molar refractivity (Wildman–Crippen MR) is 91.0 cm³/mol. The maximum atomic E-state index is 12.4. The van der Waals surface area contributed by atoms with Gasteiger partial charge in [0, 0.05) is 25.0 Å². The number of amides is 1. The first-order valence-electron chi connectivity index (χ1n) is 8.17. The van der Waals surface area contributed by atoms with E-state index in [0.717, 1.165) is 43.6 Å². The summed E-state index contributed by atoms with van der Waals surface area (Å²) in [6.07, 6.45) is 4.72. The van der Waals surface area contributed by atoms with Crippen molar-refractivity contribution < 1.29 is 4.79 Å². The van der Waals surface area contributed by atoms with E-state index in [1.165, 1.54) is 5.56 Å². The first-order chi connectivity index (χ1) is 11.2. The van der Waals surface area contributed by atoms with E-state index in [9.17, 15) is 4.79 Å². The number of para-hydroxylation sites is 1. The third-order valence-corrected chi connectivity index (χ3v) is 4.24. The Morgan fingerprint density at radius 3 is 2.78 bits per heavy atom. The molecule has 0 atom stereocenters. The van der Waals surface area contributed by atoms with Crippen molar-refractivity contribution in [3.63, 3.8) is 0 Å². The Morgan fingerprint density at radius 1 is 1.26 bits per heavy atom. The largest absolute Gasteiger partial charge is 0.337 e. The van der Waals surface area contributed by atoms with Crippen molar-refractivity contribution in [2.75, 3.05) is 18.4 Å². The van der Waals surface area contributed by atoms with E-state index in [2.05, 4.69) is 41.3 Å². The van der Waals surface area contributed by atoms with Crippen LogP contribution in [0.25, 0.3) is 0 Å². The lowest BCUT2D eigenvalue weighted by atomic mass is 10.1. The lowest BCUT2D eigenvalue weighted by molar-refractivity contribution is 0.0787. The lowest BCUT2D eigenvalue weighted by Gasteiger charge is -2.16. The number of aryl methyl sites for hydroxylation is 2. The summed E-state index contributed by atoms with van der Waals surface area (Å²) in [5, 5.41) is 3.28. The van der Waals surface area contributed by atoms with Crippen LogP contribution in [0, 0.1) is 6.92 Å². The molecule has 0 radical (unpaired) electrons. The van der Waals surface area contributed by atoms with Crippen molar-refractivity contribution in [2.24, 2.45) is 0 Å². The first kappa shape index (κ1) is 15.5. The van der Waals surface area contributed by atoms with Crippen LogP contribution in [0.1, 0.15) is 41.4 Å². The van der Waals surface area contributed by atoms with Gasteiger partial charge in [-0.1, -0.05) is 25.1 Å². The van der Waals surface area contributed by atoms with E-state index >= 15 is 0 Å². The topological polar surface area (TPSA) is 58.1 Å². The molecule has 0 bridgehead atoms. The van der Waals surface area contributed by atoms with Crippen LogP contribution in [0.4, 0.5) is 11.6 Å². The molecular formula is C18H22N4O. The standard InChI is InChI=1S/C18H22N4O/c1-3-14-8-6-7-13(2)16(14)21-18-19-10-9-15(20-18)17(23)22-11-4-5-12-22/h6-10H,3-5,11-12H2,1-2H3,(H,19,20,21). The maximum absolute atomic E-state index is 12.4. The Hall–Kier alpha value is -2.43. The number of likely N-dealkylation sites (tertiary alicyclic amines) is 1. The fourth-order valence-electron chi connectivity index (χ4n) is 2.93. The minimum absolute atomic E-state index is 0.00607. The maximum Gasteiger partial charge on any atom is 0.272 e. The third kappa shape index (κ3) is 3.33. The highest BCUT2D eigenvalue weighted by Crippen LogP contribution is 2.24. The van der Waals surface area contributed by atoms with Gasteiger partial charge in [-0.15, -0.1) is 0 Å². The molecule has 0 aliphatic carbocycles. The number of benzene rings is 1. The van der Waals surface area contributed by atoms with Crippen LogP contribution in [0.15, 0.2) is 30.5 Å². The van der Waals surface area contributed by atoms with E-state index in [1.807, 2.05) is 11.0 Å². The number of nitrogens with zero attached hydrogens (tertiary/aromatic N) is 3. The Morgan fingerprint density at radius 2 is 2.04 bits per heavy atom. The lowest BCUT2D eigenvalue weighted by Crippen LogP contribution is -2.28. The zero-order valence-electron chi connectivity index (χ0n) is 13.7. The van der Waals surface area contributed by atoms with Gasteiger partial charge in [-0.25, -0.2) is 9.97 Å². The van der Waals surface area contributed by atoms with Gasteiger partial charge >= 0.3 is 0 Å². The SMILES string of the molecule is CCc1cccc(C)c1Nc1nccc(C(=O)N2CCCC2)n1. The van der Waals surface area contributed by atoms with Gasteiger partial charge in [-0.2, -0.15) is 0 Å². The van der Waals surface area contributed by atoms with Crippen molar-refractivity contribution >= 4 is 17.5 Å². The van der Waals surface area contributed by atoms with Gasteiger partial charge in [-0.05, 0) is 43.4 Å². The zero-order valence-corrected chi connectivity index (χ0v) is 13.7. The average molecular weight is 310 g/mol. The van der Waals surface area contributed by atoms with E-state index < -0.39 is 0 Å². The second-order valence-electron chi connectivity index (χ2n) is 5.85. The van der Waals surface area contributed by atoms with Gasteiger partial charge in [0.2, 0.25) is 5.95 Å². The molecule has 1 aromatic carbocycles. The minimum Gasteiger partial charge on any atom is -0.337 e. The van der Waals surface area contributed by atoms with Crippen LogP contribution in [-0.2, 0) is 6.42 Å². The molecule has 3 rings (SSSR count). The van der Waals surface area contributed by atoms with E-state index in [-0.39, 0.29) is 5.91 Å². The van der Waals surface area contributed by atoms with E-state index in [4.69, 9.17) is 0 Å². The number of rotatable bonds is 4. The van der Waals surface area contributed by atoms with Gasteiger partial charge in [-0.3, -0.25) is 4.79 Å². The molecule has 5 nitrogen and oxygen atoms in total. The zero-order chi connectivity index (χ0) is 16.2. The molecule has 2 aromatic rings. The Labute approximate surface area is 136 Å². The van der Waals surface area contributed by atoms with Crippen LogP contribution < -0.4 is 5.32 Å². The predicted octanol–water partition coefficient (Wildman–Crippen LogP) is 3.33. The summed E-state index contributed by atoms with van der Waals surface area (Å²) in [5.74, 6) is 0.465. The summed E-state index contributed by atoms with van der Waals surface area (Å²) in [6, 6.07) is 7.88. The van der Waals surface area contributed by atoms with Crippen molar-refractivity contribution in [2.45, 2.75) is 33.1 Å². The minimum atomic E-state index is -0.00607. The monoisotopic (exact) mass is 310 g/mol. The molecule has 1 fully saturated rings. The number of carbonyl (C=O) groups excluding carboxylic acids is 1. The summed E-state index contributed by atoms with van der Waals surface area (Å²) < 4.78 is 0. The summed E-state index contributed by atoms with van der Waals surface area (Å²) in [6.45, 7) is 5.82. The molecule has 1 aliphatic heterocycles. The van der Waals surface area contributed by atoms with E-state index in [1.54, 1.807) is 12.3 Å². The van der Waals surface area contributed by atoms with Crippen LogP contribution in [0.3, 0.4) is 0 Å². The Balaban J connectivity index is 1.84. The van der Waals surface area contributed by atoms with Crippen molar-refractivity contribution in [1.82, 2.24) is 14.9 Å². The molecule has 1 N–H and O–H groups in total. The molecular weight excluding hydrogens is 288 g/mol. The van der Waals surface area contributed by atoms with Gasteiger partial charge in [0.25, 0.3) is 5.91 Å². The van der Waals surface area contributed by atoms with Gasteiger partial charge < -0.3 is 10.2 Å². The molecule has 23 heavy (non-hydrogen) atoms. The number of anilines is 2. The summed E-state index contributed by atoms with van der Waals surface area (Å²) in [4.78, 5) is 23.0. The highest BCUT2D eigenvalue weighted by molar-refractivity contribution is 5.92. The van der Waals surface area contributed by atoms with Gasteiger partial charge in [0.1, 0.15) is 5.69 Å². The van der Waals surface area contributed by atoms with Crippen LogP contribution >= 0.6 is 0 Å². The highest BCUT2D eigenvalue weighted by atomic mass is 16.2. The molecule has 0 unspecified atom stereocenters. The number of carbonyl (C=O) groups is 1. The van der Waals surface area contributed by atoms with Crippen LogP contribution in [0.5, 0.6) is 0 Å². The van der Waals surface area contributed by atoms with Crippen LogP contribution in [0.2, 0.25) is 0 Å². The number of hydrogen-bond acceptors (Lipinski definition) is 4. The third-order valence-electron chi connectivity index (χ3n) is 4.24. The van der Waals surface area contributed by atoms with Gasteiger partial charge in [0.05, 0.1) is 0 Å². The molecule has 1 aromatic heterocycles. The van der Waals surface area contributed by atoms with Crippen LogP contribution in [-0.4, -0.2) is 33.9 Å². The quantitative estimate of drug-likeness (QED) is 0.941. The molecule has 5 heteroatoms. The summed E-state index contributed by atoms with van der Waals surface area (Å²) in [7, 11) is 0. The first-order valence-corrected chi connectivity index (χ1v) is 8.17. The molecule has 2 heterocycles. The number of nitrogens with one attached hydrogen (secondary N) is 1. The second-order valence-corrected chi connectivity index (χ2v) is 5.85. The van der Waals surface area contributed by atoms with Crippen molar-refractivity contribution in [3.8, 4) is 0 Å². The normalized spacial score (nSPS) is 14.1. The Kier molecular flexibility index (Phi) is 4.55. The molecule has 1 aliphatic rings. The molecule has 0 spiro atoms. The molecule has 1 saturated heterocycles. The average Bonchev–Trinajstić information content (AvgIpc) is 3.11. The fourth-order valence-corrected chi connectivity index (χ4v) is 2.93. The highest BCUT2D eigenvalue weighted by Gasteiger charge is 2.21. The molecule has 1 amide bonds. The van der Waals surface area contributed by atoms with Crippen molar-refractivity contribution in [1.29, 1.82) is 0 Å². The summed E-state index contributed by atoms with van der Waals surface area (Å²) >= 11 is 0. The number of aromatic nitrogens is 2. The van der Waals surface area contributed by atoms with Crippen molar-refractivity contribution in [3.05, 3.63) is 47.3 Å². The smallest absolute Gasteiger partial charge is 0.272 e. The van der Waals surface area contributed by atoms with Gasteiger partial charge in [0.15, 0.2) is 0 Å². The molecule has 120 valence electrons. The summed E-state index contributed by atoms with van der Waals surface area (Å²) in [5.41, 5.74) is 3.84. The molecule has 0 saturated carbocycles. The Bertz CT molecular complexity index is 708. The van der Waals surface area contributed by atoms with E-state index in [0.29, 0.717) is 11.6 Å². The second kappa shape index (κ2) is 6.77. The fraction of sp³-hybridized carbons (Fsp3) is 0.389.